The van der Waals surface area contributed by atoms with E-state index in [4.69, 9.17) is 9.47 Å². The number of fused-ring (bicyclic) bond motifs is 1. The lowest BCUT2D eigenvalue weighted by Crippen LogP contribution is -2.53. The van der Waals surface area contributed by atoms with Crippen LogP contribution in [0.25, 0.3) is 0 Å². The van der Waals surface area contributed by atoms with Crippen molar-refractivity contribution in [3.8, 4) is 11.5 Å². The van der Waals surface area contributed by atoms with Crippen molar-refractivity contribution in [1.29, 1.82) is 0 Å². The Morgan fingerprint density at radius 2 is 2.07 bits per heavy atom. The molecule has 0 saturated carbocycles. The van der Waals surface area contributed by atoms with E-state index < -0.39 is 0 Å². The van der Waals surface area contributed by atoms with E-state index >= 15 is 0 Å². The first-order valence-electron chi connectivity index (χ1n) is 11.1. The molecule has 2 heterocycles. The molecule has 6 heteroatoms. The van der Waals surface area contributed by atoms with Crippen molar-refractivity contribution in [1.82, 2.24) is 15.1 Å². The number of benzene rings is 1. The summed E-state index contributed by atoms with van der Waals surface area (Å²) in [6, 6.07) is 3.99. The monoisotopic (exact) mass is 415 g/mol. The fourth-order valence-electron chi connectivity index (χ4n) is 5.07. The summed E-state index contributed by atoms with van der Waals surface area (Å²) >= 11 is 0. The van der Waals surface area contributed by atoms with Crippen LogP contribution in [0.5, 0.6) is 11.5 Å². The largest absolute Gasteiger partial charge is 0.497 e. The van der Waals surface area contributed by atoms with E-state index in [-0.39, 0.29) is 11.5 Å². The first-order valence-corrected chi connectivity index (χ1v) is 11.1. The zero-order chi connectivity index (χ0) is 21.7. The molecule has 6 nitrogen and oxygen atoms in total. The van der Waals surface area contributed by atoms with Gasteiger partial charge in [-0.1, -0.05) is 19.9 Å². The third-order valence-electron chi connectivity index (χ3n) is 6.82. The number of amides is 1. The van der Waals surface area contributed by atoms with Crippen LogP contribution >= 0.6 is 0 Å². The van der Waals surface area contributed by atoms with Crippen molar-refractivity contribution in [3.05, 3.63) is 35.0 Å². The van der Waals surface area contributed by atoms with Gasteiger partial charge >= 0.3 is 0 Å². The highest BCUT2D eigenvalue weighted by Crippen LogP contribution is 2.40. The Labute approximate surface area is 181 Å². The smallest absolute Gasteiger partial charge is 0.214 e. The maximum atomic E-state index is 12.4. The van der Waals surface area contributed by atoms with Crippen molar-refractivity contribution in [2.24, 2.45) is 5.92 Å². The summed E-state index contributed by atoms with van der Waals surface area (Å²) in [5, 5.41) is 3.54. The van der Waals surface area contributed by atoms with Crippen LogP contribution in [-0.2, 0) is 17.8 Å². The second-order valence-electron chi connectivity index (χ2n) is 8.58. The number of nitrogens with zero attached hydrogens (tertiary/aromatic N) is 2. The molecule has 1 aromatic rings. The highest BCUT2D eigenvalue weighted by atomic mass is 16.5. The van der Waals surface area contributed by atoms with Crippen molar-refractivity contribution in [2.45, 2.75) is 51.6 Å². The minimum absolute atomic E-state index is 0.145. The number of nitrogens with one attached hydrogen (secondary N) is 1. The van der Waals surface area contributed by atoms with Gasteiger partial charge in [0.25, 0.3) is 0 Å². The highest BCUT2D eigenvalue weighted by molar-refractivity contribution is 5.56. The number of rotatable bonds is 6. The van der Waals surface area contributed by atoms with Gasteiger partial charge < -0.3 is 19.7 Å². The Kier molecular flexibility index (Phi) is 7.42. The number of allylic oxidation sites excluding steroid dienone is 1. The average molecular weight is 416 g/mol. The number of carbonyl (C=O) groups is 1. The van der Waals surface area contributed by atoms with Gasteiger partial charge in [-0.3, -0.25) is 9.69 Å². The molecule has 1 saturated heterocycles. The zero-order valence-corrected chi connectivity index (χ0v) is 19.2. The molecule has 1 N–H and O–H groups in total. The van der Waals surface area contributed by atoms with E-state index in [1.165, 1.54) is 0 Å². The van der Waals surface area contributed by atoms with Crippen LogP contribution in [0.1, 0.15) is 44.2 Å². The molecular formula is C24H37N3O3. The first-order chi connectivity index (χ1) is 14.5. The third-order valence-corrected chi connectivity index (χ3v) is 6.82. The molecule has 0 radical (unpaired) electrons. The van der Waals surface area contributed by atoms with E-state index in [1.54, 1.807) is 14.2 Å². The van der Waals surface area contributed by atoms with Crippen molar-refractivity contribution < 1.29 is 14.3 Å². The lowest BCUT2D eigenvalue weighted by molar-refractivity contribution is -0.118. The summed E-state index contributed by atoms with van der Waals surface area (Å²) in [7, 11) is 5.55. The van der Waals surface area contributed by atoms with Gasteiger partial charge in [0.1, 0.15) is 11.5 Å². The molecule has 0 bridgehead atoms. The standard InChI is InChI=1S/C24H37N3O3/c1-6-26(3)24(8-7-10-25-11-9-24)23-13-18(2)12-21-19(16-27(23)17-28)14-20(29-4)15-22(21)30-5/h13-15,17-18,25H,6-12,16H2,1-5H3/b23-13-/t18-,24?/m1/s1. The van der Waals surface area contributed by atoms with E-state index in [9.17, 15) is 4.79 Å². The zero-order valence-electron chi connectivity index (χ0n) is 19.2. The van der Waals surface area contributed by atoms with Gasteiger partial charge in [0.2, 0.25) is 6.41 Å². The van der Waals surface area contributed by atoms with Crippen molar-refractivity contribution in [3.63, 3.8) is 0 Å². The molecule has 1 unspecified atom stereocenters. The number of ether oxygens (including phenoxy) is 2. The van der Waals surface area contributed by atoms with E-state index in [2.05, 4.69) is 43.3 Å². The van der Waals surface area contributed by atoms with Crippen LogP contribution in [0.15, 0.2) is 23.9 Å². The summed E-state index contributed by atoms with van der Waals surface area (Å²) in [5.41, 5.74) is 3.25. The summed E-state index contributed by atoms with van der Waals surface area (Å²) in [4.78, 5) is 16.8. The average Bonchev–Trinajstić information content (AvgIpc) is 3.01. The minimum Gasteiger partial charge on any atom is -0.497 e. The first kappa shape index (κ1) is 22.6. The quantitative estimate of drug-likeness (QED) is 0.723. The molecule has 1 fully saturated rings. The summed E-state index contributed by atoms with van der Waals surface area (Å²) in [6.07, 6.45) is 7.35. The van der Waals surface area contributed by atoms with Crippen LogP contribution in [0.2, 0.25) is 0 Å². The number of likely N-dealkylation sites (N-methyl/N-ethyl adjacent to an activating group) is 1. The van der Waals surface area contributed by atoms with Gasteiger partial charge in [-0.2, -0.15) is 0 Å². The third kappa shape index (κ3) is 4.35. The van der Waals surface area contributed by atoms with Gasteiger partial charge in [0.05, 0.1) is 26.3 Å². The molecule has 30 heavy (non-hydrogen) atoms. The molecule has 2 aliphatic heterocycles. The number of methoxy groups -OCH3 is 2. The Bertz CT molecular complexity index is 769. The van der Waals surface area contributed by atoms with Crippen molar-refractivity contribution >= 4 is 6.41 Å². The molecule has 2 aliphatic rings. The SMILES string of the molecule is CCN(C)C1(/C2=C/[C@H](C)Cc3c(cc(OC)cc3OC)CN2C=O)CCCNCC1. The summed E-state index contributed by atoms with van der Waals surface area (Å²) in [6.45, 7) is 7.88. The van der Waals surface area contributed by atoms with Crippen LogP contribution in [-0.4, -0.2) is 62.7 Å². The predicted molar refractivity (Wildman–Crippen MR) is 120 cm³/mol. The Morgan fingerprint density at radius 1 is 1.27 bits per heavy atom. The Morgan fingerprint density at radius 3 is 2.73 bits per heavy atom. The highest BCUT2D eigenvalue weighted by Gasteiger charge is 2.41. The minimum atomic E-state index is -0.145. The second-order valence-corrected chi connectivity index (χ2v) is 8.58. The fourth-order valence-corrected chi connectivity index (χ4v) is 5.07. The summed E-state index contributed by atoms with van der Waals surface area (Å²) in [5.74, 6) is 1.87. The maximum absolute atomic E-state index is 12.4. The molecule has 1 aromatic carbocycles. The molecule has 0 spiro atoms. The topological polar surface area (TPSA) is 54.0 Å². The molecule has 1 amide bonds. The molecular weight excluding hydrogens is 378 g/mol. The lowest BCUT2D eigenvalue weighted by Gasteiger charge is -2.46. The van der Waals surface area contributed by atoms with Gasteiger partial charge in [-0.25, -0.2) is 0 Å². The fraction of sp³-hybridized carbons (Fsp3) is 0.625. The van der Waals surface area contributed by atoms with Crippen LogP contribution in [0, 0.1) is 5.92 Å². The van der Waals surface area contributed by atoms with Gasteiger partial charge in [0.15, 0.2) is 0 Å². The normalized spacial score (nSPS) is 26.7. The van der Waals surface area contributed by atoms with E-state index in [1.807, 2.05) is 11.0 Å². The molecule has 0 aliphatic carbocycles. The molecule has 166 valence electrons. The molecule has 0 aromatic heterocycles. The molecule has 2 atom stereocenters. The van der Waals surface area contributed by atoms with E-state index in [0.29, 0.717) is 6.54 Å². The van der Waals surface area contributed by atoms with Gasteiger partial charge in [-0.15, -0.1) is 0 Å². The van der Waals surface area contributed by atoms with Gasteiger partial charge in [-0.05, 0) is 75.5 Å². The van der Waals surface area contributed by atoms with Crippen molar-refractivity contribution in [2.75, 3.05) is 40.9 Å². The number of carbonyl (C=O) groups excluding carboxylic acids is 1. The molecule has 3 rings (SSSR count). The van der Waals surface area contributed by atoms with Crippen LogP contribution < -0.4 is 14.8 Å². The van der Waals surface area contributed by atoms with Gasteiger partial charge in [0, 0.05) is 11.8 Å². The number of hydrogen-bond acceptors (Lipinski definition) is 5. The van der Waals surface area contributed by atoms with Crippen LogP contribution in [0.3, 0.4) is 0 Å². The lowest BCUT2D eigenvalue weighted by atomic mass is 9.81. The predicted octanol–water partition coefficient (Wildman–Crippen LogP) is 3.20. The Hall–Kier alpha value is -2.05. The maximum Gasteiger partial charge on any atom is 0.214 e. The van der Waals surface area contributed by atoms with Crippen LogP contribution in [0.4, 0.5) is 0 Å². The second kappa shape index (κ2) is 9.84. The van der Waals surface area contributed by atoms with E-state index in [0.717, 1.165) is 80.1 Å². The number of hydrogen-bond donors (Lipinski definition) is 1. The summed E-state index contributed by atoms with van der Waals surface area (Å²) < 4.78 is 11.2. The Balaban J connectivity index is 2.11.